The molecule has 1 aromatic carbocycles. The maximum atomic E-state index is 15.0. The SMILES string of the molecule is O=C1CCc2c(cc3cc[nH]c3c2F)C2=C1C=CC(C(=O)O)N2CO. The largest absolute Gasteiger partial charge is 0.479 e. The van der Waals surface area contributed by atoms with Crippen molar-refractivity contribution in [3.8, 4) is 0 Å². The molecule has 1 aliphatic heterocycles. The van der Waals surface area contributed by atoms with Crippen LogP contribution in [0, 0.1) is 5.82 Å². The Hall–Kier alpha value is -2.93. The number of halogens is 1. The fourth-order valence-corrected chi connectivity index (χ4v) is 3.60. The molecule has 1 aliphatic carbocycles. The van der Waals surface area contributed by atoms with Crippen molar-refractivity contribution >= 4 is 28.4 Å². The van der Waals surface area contributed by atoms with Crippen molar-refractivity contribution < 1.29 is 24.2 Å². The third kappa shape index (κ3) is 2.20. The minimum atomic E-state index is -1.15. The zero-order valence-corrected chi connectivity index (χ0v) is 13.1. The van der Waals surface area contributed by atoms with Crippen LogP contribution in [0.2, 0.25) is 0 Å². The number of carbonyl (C=O) groups is 2. The lowest BCUT2D eigenvalue weighted by Crippen LogP contribution is -2.41. The number of hydrogen-bond acceptors (Lipinski definition) is 4. The number of rotatable bonds is 2. The Morgan fingerprint density at radius 1 is 1.40 bits per heavy atom. The summed E-state index contributed by atoms with van der Waals surface area (Å²) in [5.74, 6) is -1.80. The number of Topliss-reactive ketones (excluding diaryl/α,β-unsaturated/α-hetero) is 1. The summed E-state index contributed by atoms with van der Waals surface area (Å²) in [4.78, 5) is 28.1. The molecule has 0 bridgehead atoms. The molecule has 0 fully saturated rings. The quantitative estimate of drug-likeness (QED) is 0.774. The number of nitrogens with zero attached hydrogens (tertiary/aromatic N) is 1. The fourth-order valence-electron chi connectivity index (χ4n) is 3.60. The van der Waals surface area contributed by atoms with Crippen LogP contribution in [0.25, 0.3) is 16.6 Å². The van der Waals surface area contributed by atoms with Crippen LogP contribution in [0.5, 0.6) is 0 Å². The lowest BCUT2D eigenvalue weighted by molar-refractivity contribution is -0.141. The number of carboxylic acids is 1. The lowest BCUT2D eigenvalue weighted by atomic mass is 9.94. The third-order valence-corrected chi connectivity index (χ3v) is 4.77. The van der Waals surface area contributed by atoms with E-state index in [2.05, 4.69) is 4.98 Å². The zero-order chi connectivity index (χ0) is 17.7. The van der Waals surface area contributed by atoms with Gasteiger partial charge in [-0.05, 0) is 24.1 Å². The van der Waals surface area contributed by atoms with Crippen LogP contribution in [0.4, 0.5) is 4.39 Å². The average molecular weight is 342 g/mol. The van der Waals surface area contributed by atoms with E-state index in [4.69, 9.17) is 0 Å². The first-order valence-electron chi connectivity index (χ1n) is 7.87. The second-order valence-corrected chi connectivity index (χ2v) is 6.10. The first kappa shape index (κ1) is 15.6. The number of ketones is 1. The zero-order valence-electron chi connectivity index (χ0n) is 13.1. The lowest BCUT2D eigenvalue weighted by Gasteiger charge is -2.33. The third-order valence-electron chi connectivity index (χ3n) is 4.77. The molecule has 1 unspecified atom stereocenters. The van der Waals surface area contributed by atoms with Crippen LogP contribution in [0.1, 0.15) is 17.5 Å². The predicted molar refractivity (Wildman–Crippen MR) is 88.0 cm³/mol. The molecular weight excluding hydrogens is 327 g/mol. The molecule has 2 heterocycles. The van der Waals surface area contributed by atoms with E-state index in [-0.39, 0.29) is 24.3 Å². The number of aliphatic hydroxyl groups is 1. The predicted octanol–water partition coefficient (Wildman–Crippen LogP) is 1.81. The van der Waals surface area contributed by atoms with Crippen LogP contribution < -0.4 is 0 Å². The molecule has 6 nitrogen and oxygen atoms in total. The molecule has 7 heteroatoms. The second kappa shape index (κ2) is 5.56. The van der Waals surface area contributed by atoms with Crippen molar-refractivity contribution in [2.75, 3.05) is 6.73 Å². The highest BCUT2D eigenvalue weighted by atomic mass is 19.1. The molecule has 0 amide bonds. The van der Waals surface area contributed by atoms with Gasteiger partial charge in [0.25, 0.3) is 0 Å². The summed E-state index contributed by atoms with van der Waals surface area (Å²) in [5, 5.41) is 19.8. The normalized spacial score (nSPS) is 19.8. The standard InChI is InChI=1S/C18H15FN2O4/c19-15-10-2-4-14(23)11-1-3-13(18(24)25)21(8-22)17(11)12(10)7-9-5-6-20-16(9)15/h1,3,5-7,13,20,22H,2,4,8H2,(H,24,25). The van der Waals surface area contributed by atoms with Crippen LogP contribution in [-0.2, 0) is 16.0 Å². The van der Waals surface area contributed by atoms with Crippen molar-refractivity contribution in [1.29, 1.82) is 0 Å². The van der Waals surface area contributed by atoms with Gasteiger partial charge in [-0.2, -0.15) is 0 Å². The van der Waals surface area contributed by atoms with Crippen LogP contribution >= 0.6 is 0 Å². The van der Waals surface area contributed by atoms with Gasteiger partial charge in [0.05, 0.1) is 11.2 Å². The minimum absolute atomic E-state index is 0.121. The van der Waals surface area contributed by atoms with Gasteiger partial charge in [0.2, 0.25) is 0 Å². The Balaban J connectivity index is 2.03. The smallest absolute Gasteiger partial charge is 0.330 e. The number of carboxylic acid groups (broad SMARTS) is 1. The Labute approximate surface area is 141 Å². The highest BCUT2D eigenvalue weighted by Gasteiger charge is 2.35. The summed E-state index contributed by atoms with van der Waals surface area (Å²) in [6.45, 7) is -0.598. The number of aromatic amines is 1. The van der Waals surface area contributed by atoms with E-state index < -0.39 is 24.6 Å². The van der Waals surface area contributed by atoms with E-state index in [0.29, 0.717) is 27.6 Å². The van der Waals surface area contributed by atoms with Gasteiger partial charge in [-0.15, -0.1) is 0 Å². The fraction of sp³-hybridized carbons (Fsp3) is 0.222. The van der Waals surface area contributed by atoms with Crippen LogP contribution in [-0.4, -0.2) is 44.6 Å². The summed E-state index contributed by atoms with van der Waals surface area (Å²) in [6.07, 6.45) is 4.80. The van der Waals surface area contributed by atoms with Gasteiger partial charge in [0.1, 0.15) is 12.8 Å². The average Bonchev–Trinajstić information content (AvgIpc) is 3.02. The maximum absolute atomic E-state index is 15.0. The number of hydrogen-bond donors (Lipinski definition) is 3. The molecular formula is C18H15FN2O4. The Kier molecular flexibility index (Phi) is 3.47. The van der Waals surface area contributed by atoms with Gasteiger partial charge >= 0.3 is 5.97 Å². The van der Waals surface area contributed by atoms with E-state index in [1.165, 1.54) is 17.1 Å². The number of carbonyl (C=O) groups excluding carboxylic acids is 1. The van der Waals surface area contributed by atoms with Gasteiger partial charge in [-0.1, -0.05) is 12.2 Å². The molecule has 3 N–H and O–H groups in total. The van der Waals surface area contributed by atoms with E-state index in [1.807, 2.05) is 0 Å². The number of allylic oxidation sites excluding steroid dienone is 2. The van der Waals surface area contributed by atoms with E-state index >= 15 is 0 Å². The summed E-state index contributed by atoms with van der Waals surface area (Å²) < 4.78 is 15.0. The molecule has 0 radical (unpaired) electrons. The highest BCUT2D eigenvalue weighted by molar-refractivity contribution is 6.08. The van der Waals surface area contributed by atoms with Gasteiger partial charge in [-0.3, -0.25) is 4.79 Å². The van der Waals surface area contributed by atoms with Crippen LogP contribution in [0.3, 0.4) is 0 Å². The molecule has 2 aliphatic rings. The topological polar surface area (TPSA) is 93.6 Å². The number of aliphatic carboxylic acids is 1. The Morgan fingerprint density at radius 2 is 2.20 bits per heavy atom. The van der Waals surface area contributed by atoms with Crippen LogP contribution in [0.15, 0.2) is 36.1 Å². The molecule has 1 aromatic heterocycles. The van der Waals surface area contributed by atoms with Gasteiger partial charge in [0.15, 0.2) is 11.6 Å². The van der Waals surface area contributed by atoms with Crippen molar-refractivity contribution in [1.82, 2.24) is 9.88 Å². The minimum Gasteiger partial charge on any atom is -0.479 e. The summed E-state index contributed by atoms with van der Waals surface area (Å²) in [7, 11) is 0. The molecule has 1 atom stereocenters. The number of H-pyrrole nitrogens is 1. The van der Waals surface area contributed by atoms with Gasteiger partial charge in [-0.25, -0.2) is 9.18 Å². The van der Waals surface area contributed by atoms with Crippen molar-refractivity contribution in [3.05, 3.63) is 53.0 Å². The monoisotopic (exact) mass is 342 g/mol. The molecule has 0 saturated carbocycles. The van der Waals surface area contributed by atoms with Gasteiger partial charge in [0, 0.05) is 29.1 Å². The Bertz CT molecular complexity index is 973. The summed E-state index contributed by atoms with van der Waals surface area (Å²) in [6, 6.07) is 2.33. The molecule has 0 spiro atoms. The molecule has 128 valence electrons. The number of benzene rings is 1. The Morgan fingerprint density at radius 3 is 2.92 bits per heavy atom. The van der Waals surface area contributed by atoms with Crippen molar-refractivity contribution in [2.45, 2.75) is 18.9 Å². The highest BCUT2D eigenvalue weighted by Crippen LogP contribution is 2.38. The van der Waals surface area contributed by atoms with Crippen molar-refractivity contribution in [3.63, 3.8) is 0 Å². The summed E-state index contributed by atoms with van der Waals surface area (Å²) in [5.41, 5.74) is 1.74. The van der Waals surface area contributed by atoms with E-state index in [9.17, 15) is 24.2 Å². The first-order chi connectivity index (χ1) is 12.0. The number of nitrogens with one attached hydrogen (secondary N) is 1. The molecule has 25 heavy (non-hydrogen) atoms. The van der Waals surface area contributed by atoms with Gasteiger partial charge < -0.3 is 20.1 Å². The molecule has 0 saturated heterocycles. The second-order valence-electron chi connectivity index (χ2n) is 6.10. The maximum Gasteiger partial charge on any atom is 0.330 e. The van der Waals surface area contributed by atoms with E-state index in [1.54, 1.807) is 18.3 Å². The van der Waals surface area contributed by atoms with Crippen molar-refractivity contribution in [2.24, 2.45) is 0 Å². The molecule has 4 rings (SSSR count). The number of aromatic nitrogens is 1. The molecule has 2 aromatic rings. The number of aliphatic hydroxyl groups excluding tert-OH is 1. The first-order valence-corrected chi connectivity index (χ1v) is 7.87. The summed E-state index contributed by atoms with van der Waals surface area (Å²) >= 11 is 0. The van der Waals surface area contributed by atoms with E-state index in [0.717, 1.165) is 0 Å². The number of fused-ring (bicyclic) bond motifs is 3.